The Morgan fingerprint density at radius 3 is 2.05 bits per heavy atom. The number of nitrogens with one attached hydrogen (secondary N) is 1. The molecular weight excluding hydrogens is 549 g/mol. The van der Waals surface area contributed by atoms with Crippen molar-refractivity contribution in [1.29, 1.82) is 0 Å². The van der Waals surface area contributed by atoms with Crippen molar-refractivity contribution in [3.63, 3.8) is 0 Å². The maximum absolute atomic E-state index is 14.1. The summed E-state index contributed by atoms with van der Waals surface area (Å²) in [6.45, 7) is 9.36. The highest BCUT2D eigenvalue weighted by Crippen LogP contribution is 2.38. The fourth-order valence-electron chi connectivity index (χ4n) is 5.32. The van der Waals surface area contributed by atoms with Crippen molar-refractivity contribution in [2.45, 2.75) is 83.1 Å². The second-order valence-corrected chi connectivity index (χ2v) is 12.2. The highest BCUT2D eigenvalue weighted by atomic mass is 16.7. The zero-order chi connectivity index (χ0) is 31.0. The van der Waals surface area contributed by atoms with Gasteiger partial charge in [-0.05, 0) is 58.1 Å². The number of carbonyl (C=O) groups excluding carboxylic acids is 2. The Morgan fingerprint density at radius 1 is 0.930 bits per heavy atom. The van der Waals surface area contributed by atoms with Gasteiger partial charge in [0.2, 0.25) is 11.8 Å². The normalized spacial score (nSPS) is 19.0. The van der Waals surface area contributed by atoms with Crippen molar-refractivity contribution >= 4 is 25.0 Å². The first kappa shape index (κ1) is 32.5. The van der Waals surface area contributed by atoms with Crippen LogP contribution in [0.2, 0.25) is 0 Å². The highest BCUT2D eigenvalue weighted by molar-refractivity contribution is 6.48. The van der Waals surface area contributed by atoms with Gasteiger partial charge in [0, 0.05) is 19.6 Å². The molecule has 43 heavy (non-hydrogen) atoms. The Hall–Kier alpha value is -3.41. The van der Waals surface area contributed by atoms with E-state index in [-0.39, 0.29) is 18.9 Å². The van der Waals surface area contributed by atoms with Gasteiger partial charge in [-0.1, -0.05) is 60.7 Å². The van der Waals surface area contributed by atoms with Crippen molar-refractivity contribution in [2.24, 2.45) is 0 Å². The van der Waals surface area contributed by atoms with Crippen LogP contribution in [0.1, 0.15) is 58.1 Å². The molecule has 0 saturated carbocycles. The first-order chi connectivity index (χ1) is 20.5. The molecule has 10 nitrogen and oxygen atoms in total. The van der Waals surface area contributed by atoms with Gasteiger partial charge in [0.05, 0.1) is 36.8 Å². The van der Waals surface area contributed by atoms with Crippen LogP contribution in [0.5, 0.6) is 0 Å². The number of carbonyl (C=O) groups is 3. The van der Waals surface area contributed by atoms with Gasteiger partial charge in [-0.2, -0.15) is 0 Å². The third-order valence-corrected chi connectivity index (χ3v) is 8.60. The largest absolute Gasteiger partial charge is 0.481 e. The van der Waals surface area contributed by atoms with E-state index >= 15 is 0 Å². The Labute approximate surface area is 254 Å². The van der Waals surface area contributed by atoms with E-state index in [1.165, 1.54) is 5.56 Å². The minimum absolute atomic E-state index is 0.0418. The average molecular weight is 594 g/mol. The topological polar surface area (TPSA) is 118 Å². The number of nitrogens with zero attached hydrogens (tertiary/aromatic N) is 2. The summed E-state index contributed by atoms with van der Waals surface area (Å²) in [5.41, 5.74) is 0.653. The van der Waals surface area contributed by atoms with Crippen LogP contribution in [0.4, 0.5) is 4.79 Å². The second-order valence-electron chi connectivity index (χ2n) is 12.2. The smallest absolute Gasteiger partial charge is 0.465 e. The van der Waals surface area contributed by atoms with E-state index in [1.807, 2.05) is 64.1 Å². The molecule has 4 rings (SSSR count). The van der Waals surface area contributed by atoms with E-state index in [4.69, 9.17) is 14.0 Å². The summed E-state index contributed by atoms with van der Waals surface area (Å²) in [5.74, 6) is -1.41. The Balaban J connectivity index is 1.58. The van der Waals surface area contributed by atoms with Gasteiger partial charge in [-0.3, -0.25) is 14.5 Å². The summed E-state index contributed by atoms with van der Waals surface area (Å²) in [5, 5.41) is 13.3. The Morgan fingerprint density at radius 2 is 1.49 bits per heavy atom. The zero-order valence-electron chi connectivity index (χ0n) is 25.7. The van der Waals surface area contributed by atoms with Gasteiger partial charge in [0.25, 0.3) is 0 Å². The van der Waals surface area contributed by atoms with Crippen LogP contribution in [0, 0.1) is 0 Å². The lowest BCUT2D eigenvalue weighted by Crippen LogP contribution is -2.57. The van der Waals surface area contributed by atoms with Crippen molar-refractivity contribution in [2.75, 3.05) is 26.3 Å². The molecular formula is C32H44BN3O7. The minimum atomic E-state index is -1.28. The fraction of sp³-hybridized carbons (Fsp3) is 0.531. The van der Waals surface area contributed by atoms with E-state index in [1.54, 1.807) is 17.0 Å². The molecule has 2 atom stereocenters. The number of carboxylic acid groups (broad SMARTS) is 1. The number of morpholine rings is 1. The average Bonchev–Trinajstić information content (AvgIpc) is 3.21. The van der Waals surface area contributed by atoms with Gasteiger partial charge in [-0.25, -0.2) is 4.79 Å². The maximum atomic E-state index is 14.1. The predicted molar refractivity (Wildman–Crippen MR) is 163 cm³/mol. The van der Waals surface area contributed by atoms with E-state index in [0.717, 1.165) is 17.7 Å². The molecule has 2 aliphatic heterocycles. The molecule has 232 valence electrons. The number of hydrogen-bond acceptors (Lipinski definition) is 6. The molecule has 2 aliphatic rings. The van der Waals surface area contributed by atoms with Crippen LogP contribution in [-0.4, -0.2) is 89.4 Å². The van der Waals surface area contributed by atoms with Gasteiger partial charge >= 0.3 is 13.2 Å². The standard InChI is InChI=1S/C32H44BN3O7/c1-31(2)32(3,4)43-33(42-31)27(17-11-16-24-12-7-5-8-13-24)34-29(38)26(22-28(37)35-18-20-41-21-19-35)36(30(39)40)23-25-14-9-6-10-15-25/h5-10,12-15,26-27H,11,16-23H2,1-4H3,(H,34,38)(H,39,40)/t26-,27+/m1/s1. The molecule has 0 bridgehead atoms. The van der Waals surface area contributed by atoms with E-state index in [0.29, 0.717) is 38.3 Å². The molecule has 2 saturated heterocycles. The third-order valence-electron chi connectivity index (χ3n) is 8.60. The van der Waals surface area contributed by atoms with Crippen molar-refractivity contribution in [3.8, 4) is 0 Å². The molecule has 0 aliphatic carbocycles. The van der Waals surface area contributed by atoms with E-state index < -0.39 is 42.3 Å². The number of ether oxygens (including phenoxy) is 1. The zero-order valence-corrected chi connectivity index (χ0v) is 25.7. The monoisotopic (exact) mass is 593 g/mol. The molecule has 0 spiro atoms. The van der Waals surface area contributed by atoms with Crippen molar-refractivity contribution < 1.29 is 33.5 Å². The lowest BCUT2D eigenvalue weighted by atomic mass is 9.75. The van der Waals surface area contributed by atoms with Crippen molar-refractivity contribution in [1.82, 2.24) is 15.1 Å². The van der Waals surface area contributed by atoms with Crippen LogP contribution in [0.15, 0.2) is 60.7 Å². The highest BCUT2D eigenvalue weighted by Gasteiger charge is 2.54. The number of hydrogen-bond donors (Lipinski definition) is 2. The van der Waals surface area contributed by atoms with E-state index in [9.17, 15) is 19.5 Å². The number of aryl methyl sites for hydroxylation is 1. The minimum Gasteiger partial charge on any atom is -0.465 e. The molecule has 3 amide bonds. The van der Waals surface area contributed by atoms with Gasteiger partial charge in [0.15, 0.2) is 0 Å². The summed E-state index contributed by atoms with van der Waals surface area (Å²) in [4.78, 5) is 42.7. The molecule has 2 heterocycles. The first-order valence-corrected chi connectivity index (χ1v) is 15.1. The summed E-state index contributed by atoms with van der Waals surface area (Å²) < 4.78 is 18.0. The van der Waals surface area contributed by atoms with Crippen molar-refractivity contribution in [3.05, 3.63) is 71.8 Å². The second kappa shape index (κ2) is 14.4. The SMILES string of the molecule is CC1(C)OB([C@H](CCCc2ccccc2)NC(=O)[C@@H](CC(=O)N2CCOCC2)N(Cc2ccccc2)C(=O)O)OC1(C)C. The van der Waals surface area contributed by atoms with Gasteiger partial charge in [0.1, 0.15) is 6.04 Å². The number of benzene rings is 2. The van der Waals surface area contributed by atoms with Gasteiger partial charge < -0.3 is 29.4 Å². The molecule has 2 aromatic carbocycles. The number of amides is 3. The molecule has 2 aromatic rings. The third kappa shape index (κ3) is 8.58. The summed E-state index contributed by atoms with van der Waals surface area (Å²) in [7, 11) is -0.743. The molecule has 0 aromatic heterocycles. The van der Waals surface area contributed by atoms with Crippen LogP contribution >= 0.6 is 0 Å². The molecule has 2 fully saturated rings. The van der Waals surface area contributed by atoms with Crippen LogP contribution in [0.3, 0.4) is 0 Å². The molecule has 0 unspecified atom stereocenters. The van der Waals surface area contributed by atoms with Crippen LogP contribution in [-0.2, 0) is 36.6 Å². The number of rotatable bonds is 12. The summed E-state index contributed by atoms with van der Waals surface area (Å²) in [6.07, 6.45) is 0.498. The Bertz CT molecular complexity index is 1210. The molecule has 2 N–H and O–H groups in total. The van der Waals surface area contributed by atoms with Crippen LogP contribution < -0.4 is 5.32 Å². The lowest BCUT2D eigenvalue weighted by Gasteiger charge is -2.33. The fourth-order valence-corrected chi connectivity index (χ4v) is 5.32. The predicted octanol–water partition coefficient (Wildman–Crippen LogP) is 3.92. The summed E-state index contributed by atoms with van der Waals surface area (Å²) >= 11 is 0. The van der Waals surface area contributed by atoms with Crippen LogP contribution in [0.25, 0.3) is 0 Å². The molecule has 0 radical (unpaired) electrons. The Kier molecular flexibility index (Phi) is 10.9. The molecule has 11 heteroatoms. The summed E-state index contributed by atoms with van der Waals surface area (Å²) in [6, 6.07) is 17.9. The quantitative estimate of drug-likeness (QED) is 0.358. The van der Waals surface area contributed by atoms with Gasteiger partial charge in [-0.15, -0.1) is 0 Å². The maximum Gasteiger partial charge on any atom is 0.481 e. The van der Waals surface area contributed by atoms with E-state index in [2.05, 4.69) is 17.4 Å². The lowest BCUT2D eigenvalue weighted by molar-refractivity contribution is -0.140. The first-order valence-electron chi connectivity index (χ1n) is 15.1.